The molecule has 0 bridgehead atoms. The van der Waals surface area contributed by atoms with E-state index >= 15 is 0 Å². The number of anilines is 6. The topological polar surface area (TPSA) is 15.7 Å². The normalized spacial score (nSPS) is 14.5. The third kappa shape index (κ3) is 5.47. The first kappa shape index (κ1) is 35.5. The lowest BCUT2D eigenvalue weighted by Crippen LogP contribution is -2.60. The van der Waals surface area contributed by atoms with Gasteiger partial charge in [0.2, 0.25) is 0 Å². The molecule has 0 spiro atoms. The van der Waals surface area contributed by atoms with Crippen molar-refractivity contribution in [2.24, 2.45) is 0 Å². The third-order valence-electron chi connectivity index (χ3n) is 11.8. The summed E-state index contributed by atoms with van der Waals surface area (Å²) in [6.45, 7) is 20.7. The van der Waals surface area contributed by atoms with Gasteiger partial charge in [0.1, 0.15) is 5.75 Å². The minimum Gasteiger partial charge on any atom is -0.453 e. The number of ether oxygens (including phenoxy) is 1. The highest BCUT2D eigenvalue weighted by molar-refractivity contribution is 7.99. The van der Waals surface area contributed by atoms with Crippen LogP contribution < -0.4 is 30.2 Å². The Balaban J connectivity index is 1.27. The van der Waals surface area contributed by atoms with E-state index in [-0.39, 0.29) is 23.0 Å². The molecule has 3 aliphatic heterocycles. The summed E-state index contributed by atoms with van der Waals surface area (Å²) in [6, 6.07) is 45.7. The third-order valence-corrected chi connectivity index (χ3v) is 14.2. The van der Waals surface area contributed by atoms with E-state index in [9.17, 15) is 0 Å². The second-order valence-corrected chi connectivity index (χ2v) is 20.8. The molecule has 4 heterocycles. The Morgan fingerprint density at radius 2 is 1.12 bits per heavy atom. The van der Waals surface area contributed by atoms with E-state index in [0.717, 1.165) is 21.3 Å². The minimum absolute atomic E-state index is 0.00989. The lowest BCUT2D eigenvalue weighted by Gasteiger charge is -2.43. The first-order valence-electron chi connectivity index (χ1n) is 19.8. The lowest BCUT2D eigenvalue weighted by molar-refractivity contribution is 0.461. The molecule has 0 amide bonds. The van der Waals surface area contributed by atoms with Crippen molar-refractivity contribution in [2.75, 3.05) is 9.80 Å². The van der Waals surface area contributed by atoms with Crippen LogP contribution in [0, 0.1) is 0 Å². The molecule has 0 atom stereocenters. The Labute approximate surface area is 340 Å². The Morgan fingerprint density at radius 1 is 0.536 bits per heavy atom. The summed E-state index contributed by atoms with van der Waals surface area (Å²) in [5, 5.41) is 1.23. The highest BCUT2D eigenvalue weighted by atomic mass is 32.2. The number of hydrogen-bond acceptors (Lipinski definition) is 5. The first-order valence-corrected chi connectivity index (χ1v) is 21.4. The van der Waals surface area contributed by atoms with E-state index in [1.807, 2.05) is 11.3 Å². The van der Waals surface area contributed by atoms with Gasteiger partial charge in [-0.05, 0) is 105 Å². The summed E-state index contributed by atoms with van der Waals surface area (Å²) in [5.74, 6) is 1.90. The van der Waals surface area contributed by atoms with Crippen molar-refractivity contribution in [1.82, 2.24) is 0 Å². The van der Waals surface area contributed by atoms with Gasteiger partial charge in [0, 0.05) is 38.6 Å². The monoisotopic (exact) mass is 766 g/mol. The molecule has 56 heavy (non-hydrogen) atoms. The van der Waals surface area contributed by atoms with Gasteiger partial charge in [-0.1, -0.05) is 135 Å². The molecule has 278 valence electrons. The Hall–Kier alpha value is -4.91. The van der Waals surface area contributed by atoms with Crippen molar-refractivity contribution < 1.29 is 4.74 Å². The van der Waals surface area contributed by atoms with E-state index in [2.05, 4.69) is 193 Å². The first-order chi connectivity index (χ1) is 26.7. The van der Waals surface area contributed by atoms with Crippen molar-refractivity contribution in [1.29, 1.82) is 0 Å². The molecule has 0 saturated carbocycles. The van der Waals surface area contributed by atoms with Crippen molar-refractivity contribution >= 4 is 89.7 Å². The average Bonchev–Trinajstić information content (AvgIpc) is 3.55. The van der Waals surface area contributed by atoms with Crippen LogP contribution in [0.1, 0.15) is 79.0 Å². The molecule has 0 aliphatic carbocycles. The highest BCUT2D eigenvalue weighted by Crippen LogP contribution is 2.55. The van der Waals surface area contributed by atoms with Gasteiger partial charge in [0.15, 0.2) is 5.75 Å². The second-order valence-electron chi connectivity index (χ2n) is 18.7. The number of thiophene rings is 1. The van der Waals surface area contributed by atoms with Gasteiger partial charge in [-0.25, -0.2) is 0 Å². The molecule has 7 aromatic rings. The van der Waals surface area contributed by atoms with E-state index in [1.165, 1.54) is 76.6 Å². The Morgan fingerprint density at radius 3 is 1.77 bits per heavy atom. The SMILES string of the molecule is CC(C)(C)c1ccc(N2c3ccc(C(C)(C)C)cc3B3c4sc5c6c(ccc5c4N(c4ccc(C(C)(C)C)cc4)c4cccc2c43)Sc2ccccc2O6)cc1. The fourth-order valence-electron chi connectivity index (χ4n) is 8.70. The van der Waals surface area contributed by atoms with E-state index < -0.39 is 0 Å². The van der Waals surface area contributed by atoms with Crippen LogP contribution in [0.3, 0.4) is 0 Å². The number of rotatable bonds is 2. The molecule has 6 heteroatoms. The van der Waals surface area contributed by atoms with Crippen LogP contribution in [0.5, 0.6) is 11.5 Å². The number of fused-ring (bicyclic) bond motifs is 9. The summed E-state index contributed by atoms with van der Waals surface area (Å²) in [7, 11) is 0. The van der Waals surface area contributed by atoms with Gasteiger partial charge < -0.3 is 14.5 Å². The van der Waals surface area contributed by atoms with Crippen LogP contribution in [0.15, 0.2) is 131 Å². The standard InChI is InChI=1S/C50H47BN2OS2/c1-48(2,3)30-17-22-33(23-18-30)52-37-27-21-32(50(7,8)9)29-36(37)51-43-38(52)13-12-14-39(43)53(34-24-19-31(20-25-34)49(4,5)6)44-35-26-28-42-45(46(35)56-47(44)51)54-40-15-10-11-16-41(40)55-42/h10-29H,1-9H3. The highest BCUT2D eigenvalue weighted by Gasteiger charge is 2.46. The lowest BCUT2D eigenvalue weighted by atomic mass is 9.36. The number of nitrogens with zero attached hydrogens (tertiary/aromatic N) is 2. The molecule has 0 radical (unpaired) electrons. The van der Waals surface area contributed by atoms with Crippen molar-refractivity contribution in [3.63, 3.8) is 0 Å². The number of benzene rings is 6. The minimum atomic E-state index is -0.00989. The smallest absolute Gasteiger partial charge is 0.264 e. The maximum Gasteiger partial charge on any atom is 0.264 e. The summed E-state index contributed by atoms with van der Waals surface area (Å²) in [5.41, 5.74) is 14.1. The predicted molar refractivity (Wildman–Crippen MR) is 243 cm³/mol. The summed E-state index contributed by atoms with van der Waals surface area (Å²) in [4.78, 5) is 7.38. The summed E-state index contributed by atoms with van der Waals surface area (Å²) in [6.07, 6.45) is 0. The molecule has 0 saturated heterocycles. The molecule has 0 N–H and O–H groups in total. The van der Waals surface area contributed by atoms with Crippen LogP contribution in [0.4, 0.5) is 34.1 Å². The molecule has 3 nitrogen and oxygen atoms in total. The largest absolute Gasteiger partial charge is 0.453 e. The Kier molecular flexibility index (Phi) is 7.80. The fourth-order valence-corrected chi connectivity index (χ4v) is 11.1. The molecular formula is C50H47BN2OS2. The zero-order valence-electron chi connectivity index (χ0n) is 33.7. The van der Waals surface area contributed by atoms with Gasteiger partial charge in [-0.2, -0.15) is 0 Å². The average molecular weight is 767 g/mol. The molecule has 6 aromatic carbocycles. The molecule has 10 rings (SSSR count). The summed E-state index contributed by atoms with van der Waals surface area (Å²) >= 11 is 3.72. The zero-order chi connectivity index (χ0) is 38.9. The van der Waals surface area contributed by atoms with E-state index in [0.29, 0.717) is 0 Å². The molecule has 0 fully saturated rings. The molecule has 0 unspecified atom stereocenters. The molecule has 1 aromatic heterocycles. The van der Waals surface area contributed by atoms with Gasteiger partial charge >= 0.3 is 0 Å². The number of para-hydroxylation sites is 1. The van der Waals surface area contributed by atoms with Crippen LogP contribution in [0.2, 0.25) is 0 Å². The van der Waals surface area contributed by atoms with Crippen LogP contribution >= 0.6 is 23.1 Å². The van der Waals surface area contributed by atoms with Gasteiger partial charge in [-0.3, -0.25) is 0 Å². The van der Waals surface area contributed by atoms with E-state index in [1.54, 1.807) is 11.8 Å². The van der Waals surface area contributed by atoms with Crippen LogP contribution in [0.25, 0.3) is 10.1 Å². The molecular weight excluding hydrogens is 720 g/mol. The number of hydrogen-bond donors (Lipinski definition) is 0. The van der Waals surface area contributed by atoms with E-state index in [4.69, 9.17) is 4.74 Å². The summed E-state index contributed by atoms with van der Waals surface area (Å²) < 4.78 is 9.41. The molecule has 3 aliphatic rings. The maximum atomic E-state index is 6.85. The van der Waals surface area contributed by atoms with Crippen LogP contribution in [-0.2, 0) is 16.2 Å². The second kappa shape index (κ2) is 12.3. The Bertz CT molecular complexity index is 2710. The predicted octanol–water partition coefficient (Wildman–Crippen LogP) is 13.1. The zero-order valence-corrected chi connectivity index (χ0v) is 35.4. The van der Waals surface area contributed by atoms with Crippen molar-refractivity contribution in [3.8, 4) is 11.5 Å². The van der Waals surface area contributed by atoms with Crippen molar-refractivity contribution in [3.05, 3.63) is 138 Å². The fraction of sp³-hybridized carbons (Fsp3) is 0.240. The van der Waals surface area contributed by atoms with Gasteiger partial charge in [-0.15, -0.1) is 11.3 Å². The van der Waals surface area contributed by atoms with Gasteiger partial charge in [0.05, 0.1) is 20.2 Å². The maximum absolute atomic E-state index is 6.85. The van der Waals surface area contributed by atoms with Crippen LogP contribution in [-0.4, -0.2) is 6.71 Å². The van der Waals surface area contributed by atoms with Crippen molar-refractivity contribution in [2.45, 2.75) is 88.3 Å². The van der Waals surface area contributed by atoms with Gasteiger partial charge in [0.25, 0.3) is 6.71 Å². The quantitative estimate of drug-likeness (QED) is 0.163.